The molecule has 0 bridgehead atoms. The van der Waals surface area contributed by atoms with Gasteiger partial charge in [0.2, 0.25) is 0 Å². The molecule has 1 saturated heterocycles. The molecule has 2 rings (SSSR count). The summed E-state index contributed by atoms with van der Waals surface area (Å²) in [5, 5.41) is 0. The standard InChI is InChI=1S/C13H23F2NO/c1-10(2)16-7-5-12(9-16)17-11-4-3-6-13(14,15)8-11/h10-12H,3-9H2,1-2H3. The summed E-state index contributed by atoms with van der Waals surface area (Å²) < 4.78 is 32.3. The third-order valence-electron chi connectivity index (χ3n) is 3.89. The first kappa shape index (κ1) is 13.2. The first-order chi connectivity index (χ1) is 7.96. The maximum atomic E-state index is 13.2. The van der Waals surface area contributed by atoms with E-state index in [9.17, 15) is 8.78 Å². The largest absolute Gasteiger partial charge is 0.373 e. The quantitative estimate of drug-likeness (QED) is 0.760. The average molecular weight is 247 g/mol. The van der Waals surface area contributed by atoms with Crippen molar-refractivity contribution in [3.05, 3.63) is 0 Å². The molecule has 2 atom stereocenters. The van der Waals surface area contributed by atoms with Gasteiger partial charge in [-0.15, -0.1) is 0 Å². The SMILES string of the molecule is CC(C)N1CCC(OC2CCCC(F)(F)C2)C1. The van der Waals surface area contributed by atoms with Crippen LogP contribution < -0.4 is 0 Å². The number of ether oxygens (including phenoxy) is 1. The van der Waals surface area contributed by atoms with Crippen LogP contribution in [0.3, 0.4) is 0 Å². The number of hydrogen-bond donors (Lipinski definition) is 0. The first-order valence-electron chi connectivity index (χ1n) is 6.73. The van der Waals surface area contributed by atoms with E-state index in [-0.39, 0.29) is 25.0 Å². The minimum Gasteiger partial charge on any atom is -0.373 e. The van der Waals surface area contributed by atoms with Gasteiger partial charge in [-0.05, 0) is 33.1 Å². The lowest BCUT2D eigenvalue weighted by Gasteiger charge is -2.31. The Morgan fingerprint density at radius 2 is 2.00 bits per heavy atom. The molecule has 0 radical (unpaired) electrons. The van der Waals surface area contributed by atoms with Crippen molar-refractivity contribution in [2.45, 2.75) is 70.1 Å². The summed E-state index contributed by atoms with van der Waals surface area (Å²) in [6.07, 6.45) is 2.28. The molecule has 0 N–H and O–H groups in total. The van der Waals surface area contributed by atoms with Gasteiger partial charge < -0.3 is 4.74 Å². The Labute approximate surface area is 102 Å². The van der Waals surface area contributed by atoms with Crippen LogP contribution in [0.5, 0.6) is 0 Å². The van der Waals surface area contributed by atoms with Crippen molar-refractivity contribution < 1.29 is 13.5 Å². The molecule has 0 aromatic heterocycles. The van der Waals surface area contributed by atoms with E-state index in [0.717, 1.165) is 25.9 Å². The fraction of sp³-hybridized carbons (Fsp3) is 1.00. The second-order valence-corrected chi connectivity index (χ2v) is 5.71. The molecule has 2 nitrogen and oxygen atoms in total. The van der Waals surface area contributed by atoms with Crippen LogP contribution in [0.15, 0.2) is 0 Å². The molecule has 1 heterocycles. The van der Waals surface area contributed by atoms with Crippen molar-refractivity contribution in [3.63, 3.8) is 0 Å². The number of likely N-dealkylation sites (tertiary alicyclic amines) is 1. The Balaban J connectivity index is 1.78. The van der Waals surface area contributed by atoms with Gasteiger partial charge in [0.1, 0.15) is 0 Å². The van der Waals surface area contributed by atoms with E-state index in [0.29, 0.717) is 12.5 Å². The monoisotopic (exact) mass is 247 g/mol. The number of alkyl halides is 2. The van der Waals surface area contributed by atoms with Gasteiger partial charge in [0, 0.05) is 32.0 Å². The van der Waals surface area contributed by atoms with Crippen LogP contribution in [-0.2, 0) is 4.74 Å². The van der Waals surface area contributed by atoms with Crippen LogP contribution in [-0.4, -0.2) is 42.2 Å². The molecular formula is C13H23F2NO. The third-order valence-corrected chi connectivity index (χ3v) is 3.89. The van der Waals surface area contributed by atoms with Gasteiger partial charge in [-0.25, -0.2) is 8.78 Å². The van der Waals surface area contributed by atoms with Gasteiger partial charge in [-0.1, -0.05) is 0 Å². The molecule has 0 spiro atoms. The van der Waals surface area contributed by atoms with E-state index in [1.54, 1.807) is 0 Å². The third kappa shape index (κ3) is 3.62. The molecule has 17 heavy (non-hydrogen) atoms. The highest BCUT2D eigenvalue weighted by molar-refractivity contribution is 4.83. The highest BCUT2D eigenvalue weighted by Crippen LogP contribution is 2.35. The minimum atomic E-state index is -2.50. The lowest BCUT2D eigenvalue weighted by Crippen LogP contribution is -2.35. The maximum Gasteiger partial charge on any atom is 0.250 e. The molecule has 1 saturated carbocycles. The van der Waals surface area contributed by atoms with Gasteiger partial charge in [0.25, 0.3) is 5.92 Å². The van der Waals surface area contributed by atoms with Crippen LogP contribution >= 0.6 is 0 Å². The second kappa shape index (κ2) is 5.19. The fourth-order valence-corrected chi connectivity index (χ4v) is 2.85. The molecule has 4 heteroatoms. The number of hydrogen-bond acceptors (Lipinski definition) is 2. The molecule has 2 fully saturated rings. The molecule has 2 aliphatic rings. The predicted molar refractivity (Wildman–Crippen MR) is 63.4 cm³/mol. The predicted octanol–water partition coefficient (Wildman–Crippen LogP) is 3.06. The van der Waals surface area contributed by atoms with E-state index in [1.165, 1.54) is 0 Å². The number of rotatable bonds is 3. The topological polar surface area (TPSA) is 12.5 Å². The highest BCUT2D eigenvalue weighted by Gasteiger charge is 2.38. The Hall–Kier alpha value is -0.220. The Bertz CT molecular complexity index is 258. The zero-order valence-electron chi connectivity index (χ0n) is 10.8. The summed E-state index contributed by atoms with van der Waals surface area (Å²) in [6.45, 7) is 6.26. The van der Waals surface area contributed by atoms with E-state index in [1.807, 2.05) is 0 Å². The minimum absolute atomic E-state index is 0.0373. The zero-order chi connectivity index (χ0) is 12.5. The van der Waals surface area contributed by atoms with Crippen LogP contribution in [0, 0.1) is 0 Å². The van der Waals surface area contributed by atoms with Crippen LogP contribution in [0.25, 0.3) is 0 Å². The summed E-state index contributed by atoms with van der Waals surface area (Å²) >= 11 is 0. The summed E-state index contributed by atoms with van der Waals surface area (Å²) in [7, 11) is 0. The smallest absolute Gasteiger partial charge is 0.250 e. The summed E-state index contributed by atoms with van der Waals surface area (Å²) in [4.78, 5) is 2.35. The van der Waals surface area contributed by atoms with Crippen molar-refractivity contribution in [2.75, 3.05) is 13.1 Å². The van der Waals surface area contributed by atoms with Gasteiger partial charge in [0.15, 0.2) is 0 Å². The summed E-state index contributed by atoms with van der Waals surface area (Å²) in [6, 6.07) is 0.524. The molecule has 0 aromatic carbocycles. The van der Waals surface area contributed by atoms with Gasteiger partial charge in [-0.2, -0.15) is 0 Å². The van der Waals surface area contributed by atoms with Gasteiger partial charge >= 0.3 is 0 Å². The van der Waals surface area contributed by atoms with Crippen molar-refractivity contribution in [2.24, 2.45) is 0 Å². The Morgan fingerprint density at radius 3 is 2.59 bits per heavy atom. The van der Waals surface area contributed by atoms with E-state index >= 15 is 0 Å². The molecule has 1 aliphatic heterocycles. The number of halogens is 2. The van der Waals surface area contributed by atoms with E-state index < -0.39 is 5.92 Å². The highest BCUT2D eigenvalue weighted by atomic mass is 19.3. The maximum absolute atomic E-state index is 13.2. The Morgan fingerprint density at radius 1 is 1.24 bits per heavy atom. The van der Waals surface area contributed by atoms with Crippen molar-refractivity contribution >= 4 is 0 Å². The van der Waals surface area contributed by atoms with Crippen molar-refractivity contribution in [1.82, 2.24) is 4.90 Å². The van der Waals surface area contributed by atoms with Crippen LogP contribution in [0.2, 0.25) is 0 Å². The van der Waals surface area contributed by atoms with E-state index in [4.69, 9.17) is 4.74 Å². The molecule has 1 aliphatic carbocycles. The molecule has 0 aromatic rings. The lowest BCUT2D eigenvalue weighted by atomic mass is 9.94. The van der Waals surface area contributed by atoms with Gasteiger partial charge in [-0.3, -0.25) is 4.90 Å². The van der Waals surface area contributed by atoms with Gasteiger partial charge in [0.05, 0.1) is 12.2 Å². The average Bonchev–Trinajstić information content (AvgIpc) is 2.64. The molecule has 0 amide bonds. The van der Waals surface area contributed by atoms with Crippen LogP contribution in [0.4, 0.5) is 8.78 Å². The Kier molecular flexibility index (Phi) is 4.03. The van der Waals surface area contributed by atoms with E-state index in [2.05, 4.69) is 18.7 Å². The number of nitrogens with zero attached hydrogens (tertiary/aromatic N) is 1. The van der Waals surface area contributed by atoms with Crippen LogP contribution in [0.1, 0.15) is 46.0 Å². The lowest BCUT2D eigenvalue weighted by molar-refractivity contribution is -0.113. The molecule has 2 unspecified atom stereocenters. The zero-order valence-corrected chi connectivity index (χ0v) is 10.8. The second-order valence-electron chi connectivity index (χ2n) is 5.71. The van der Waals surface area contributed by atoms with Crippen molar-refractivity contribution in [3.8, 4) is 0 Å². The fourth-order valence-electron chi connectivity index (χ4n) is 2.85. The van der Waals surface area contributed by atoms with Crippen molar-refractivity contribution in [1.29, 1.82) is 0 Å². The summed E-state index contributed by atoms with van der Waals surface area (Å²) in [5.74, 6) is -2.50. The summed E-state index contributed by atoms with van der Waals surface area (Å²) in [5.41, 5.74) is 0. The molecule has 100 valence electrons. The first-order valence-corrected chi connectivity index (χ1v) is 6.73. The normalized spacial score (nSPS) is 34.4. The molecular weight excluding hydrogens is 224 g/mol.